The number of anilines is 1. The fourth-order valence-electron chi connectivity index (χ4n) is 3.24. The summed E-state index contributed by atoms with van der Waals surface area (Å²) in [6.45, 7) is 6.04. The molecule has 5 nitrogen and oxygen atoms in total. The number of carbonyl (C=O) groups is 1. The summed E-state index contributed by atoms with van der Waals surface area (Å²) in [5, 5.41) is 13.1. The topological polar surface area (TPSA) is 59.8 Å². The summed E-state index contributed by atoms with van der Waals surface area (Å²) in [5.41, 5.74) is 5.90. The van der Waals surface area contributed by atoms with E-state index in [2.05, 4.69) is 15.5 Å². The summed E-state index contributed by atoms with van der Waals surface area (Å²) >= 11 is 7.70. The maximum atomic E-state index is 12.6. The zero-order valence-corrected chi connectivity index (χ0v) is 19.7. The highest BCUT2D eigenvalue weighted by Crippen LogP contribution is 2.30. The smallest absolute Gasteiger partial charge is 0.234 e. The summed E-state index contributed by atoms with van der Waals surface area (Å²) in [6, 6.07) is 21.6. The molecule has 0 aliphatic heterocycles. The van der Waals surface area contributed by atoms with Gasteiger partial charge in [0.2, 0.25) is 5.91 Å². The number of amides is 1. The van der Waals surface area contributed by atoms with Crippen molar-refractivity contribution in [3.63, 3.8) is 0 Å². The molecule has 0 aliphatic carbocycles. The Morgan fingerprint density at radius 3 is 2.41 bits per heavy atom. The Balaban J connectivity index is 1.59. The Kier molecular flexibility index (Phi) is 6.63. The van der Waals surface area contributed by atoms with Crippen LogP contribution in [0.5, 0.6) is 0 Å². The molecule has 0 unspecified atom stereocenters. The number of aryl methyl sites for hydroxylation is 3. The molecule has 1 N–H and O–H groups in total. The predicted octanol–water partition coefficient (Wildman–Crippen LogP) is 6.24. The molecular formula is C25H23ClN4OS. The monoisotopic (exact) mass is 462 g/mol. The van der Waals surface area contributed by atoms with E-state index in [0.29, 0.717) is 16.0 Å². The summed E-state index contributed by atoms with van der Waals surface area (Å²) in [4.78, 5) is 12.6. The van der Waals surface area contributed by atoms with Crippen molar-refractivity contribution in [1.82, 2.24) is 14.8 Å². The number of aromatic nitrogens is 3. The minimum absolute atomic E-state index is 0.0965. The van der Waals surface area contributed by atoms with Gasteiger partial charge in [0.05, 0.1) is 5.75 Å². The van der Waals surface area contributed by atoms with Crippen LogP contribution in [0.1, 0.15) is 16.7 Å². The van der Waals surface area contributed by atoms with Crippen LogP contribution in [0.3, 0.4) is 0 Å². The second-order valence-electron chi connectivity index (χ2n) is 7.58. The fraction of sp³-hybridized carbons (Fsp3) is 0.160. The number of hydrogen-bond acceptors (Lipinski definition) is 4. The lowest BCUT2D eigenvalue weighted by atomic mass is 10.1. The average Bonchev–Trinajstić information content (AvgIpc) is 3.21. The van der Waals surface area contributed by atoms with Crippen LogP contribution in [0.25, 0.3) is 17.1 Å². The van der Waals surface area contributed by atoms with Gasteiger partial charge >= 0.3 is 0 Å². The van der Waals surface area contributed by atoms with Gasteiger partial charge in [0.1, 0.15) is 0 Å². The van der Waals surface area contributed by atoms with Gasteiger partial charge in [0.15, 0.2) is 11.0 Å². The standard InChI is InChI=1S/C25H23ClN4OS/c1-16-10-12-20(13-18(16)3)27-23(31)15-32-25-29-28-24(19-11-9-17(2)22(26)14-19)30(25)21-7-5-4-6-8-21/h4-14H,15H2,1-3H3,(H,27,31). The molecule has 1 heterocycles. The van der Waals surface area contributed by atoms with Crippen molar-refractivity contribution < 1.29 is 4.79 Å². The largest absolute Gasteiger partial charge is 0.325 e. The summed E-state index contributed by atoms with van der Waals surface area (Å²) < 4.78 is 1.95. The lowest BCUT2D eigenvalue weighted by molar-refractivity contribution is -0.113. The summed E-state index contributed by atoms with van der Waals surface area (Å²) in [7, 11) is 0. The number of para-hydroxylation sites is 1. The quantitative estimate of drug-likeness (QED) is 0.344. The number of nitrogens with zero attached hydrogens (tertiary/aromatic N) is 3. The van der Waals surface area contributed by atoms with Gasteiger partial charge in [-0.05, 0) is 67.8 Å². The van der Waals surface area contributed by atoms with E-state index in [0.717, 1.165) is 28.1 Å². The molecule has 0 atom stereocenters. The third-order valence-electron chi connectivity index (χ3n) is 5.20. The molecule has 0 saturated heterocycles. The molecule has 0 fully saturated rings. The first-order valence-electron chi connectivity index (χ1n) is 10.2. The Bertz CT molecular complexity index is 1270. The second-order valence-corrected chi connectivity index (χ2v) is 8.93. The second kappa shape index (κ2) is 9.59. The van der Waals surface area contributed by atoms with Crippen molar-refractivity contribution in [2.24, 2.45) is 0 Å². The zero-order valence-electron chi connectivity index (χ0n) is 18.1. The number of hydrogen-bond donors (Lipinski definition) is 1. The minimum Gasteiger partial charge on any atom is -0.325 e. The molecule has 162 valence electrons. The average molecular weight is 463 g/mol. The zero-order chi connectivity index (χ0) is 22.7. The van der Waals surface area contributed by atoms with Gasteiger partial charge in [0.25, 0.3) is 0 Å². The number of carbonyl (C=O) groups excluding carboxylic acids is 1. The van der Waals surface area contributed by atoms with Crippen LogP contribution in [0.2, 0.25) is 5.02 Å². The van der Waals surface area contributed by atoms with Crippen molar-refractivity contribution in [3.8, 4) is 17.1 Å². The van der Waals surface area contributed by atoms with Gasteiger partial charge in [-0.2, -0.15) is 0 Å². The molecule has 7 heteroatoms. The summed E-state index contributed by atoms with van der Waals surface area (Å²) in [6.07, 6.45) is 0. The lowest BCUT2D eigenvalue weighted by Gasteiger charge is -2.11. The van der Waals surface area contributed by atoms with Crippen molar-refractivity contribution in [2.45, 2.75) is 25.9 Å². The van der Waals surface area contributed by atoms with E-state index in [1.807, 2.05) is 92.1 Å². The third kappa shape index (κ3) is 4.87. The Labute approximate surface area is 196 Å². The number of rotatable bonds is 6. The van der Waals surface area contributed by atoms with Crippen LogP contribution in [0.15, 0.2) is 71.9 Å². The van der Waals surface area contributed by atoms with Crippen LogP contribution in [-0.4, -0.2) is 26.4 Å². The highest BCUT2D eigenvalue weighted by molar-refractivity contribution is 7.99. The van der Waals surface area contributed by atoms with Crippen molar-refractivity contribution in [1.29, 1.82) is 0 Å². The fourth-order valence-corrected chi connectivity index (χ4v) is 4.17. The van der Waals surface area contributed by atoms with E-state index < -0.39 is 0 Å². The normalized spacial score (nSPS) is 10.9. The van der Waals surface area contributed by atoms with Gasteiger partial charge in [-0.1, -0.05) is 59.8 Å². The van der Waals surface area contributed by atoms with Crippen LogP contribution >= 0.6 is 23.4 Å². The Morgan fingerprint density at radius 1 is 0.938 bits per heavy atom. The molecule has 1 aromatic heterocycles. The van der Waals surface area contributed by atoms with E-state index in [9.17, 15) is 4.79 Å². The van der Waals surface area contributed by atoms with Crippen LogP contribution in [0, 0.1) is 20.8 Å². The van der Waals surface area contributed by atoms with Crippen molar-refractivity contribution >= 4 is 35.0 Å². The molecular weight excluding hydrogens is 440 g/mol. The van der Waals surface area contributed by atoms with Crippen LogP contribution in [-0.2, 0) is 4.79 Å². The van der Waals surface area contributed by atoms with Gasteiger partial charge in [-0.25, -0.2) is 0 Å². The molecule has 0 saturated carbocycles. The van der Waals surface area contributed by atoms with E-state index in [1.54, 1.807) is 0 Å². The number of halogens is 1. The van der Waals surface area contributed by atoms with Crippen LogP contribution in [0.4, 0.5) is 5.69 Å². The summed E-state index contributed by atoms with van der Waals surface area (Å²) in [5.74, 6) is 0.794. The predicted molar refractivity (Wildman–Crippen MR) is 132 cm³/mol. The van der Waals surface area contributed by atoms with E-state index in [4.69, 9.17) is 11.6 Å². The molecule has 1 amide bonds. The maximum absolute atomic E-state index is 12.6. The first-order valence-corrected chi connectivity index (χ1v) is 11.6. The Hall–Kier alpha value is -3.09. The van der Waals surface area contributed by atoms with Crippen LogP contribution < -0.4 is 5.32 Å². The molecule has 0 aliphatic rings. The highest BCUT2D eigenvalue weighted by Gasteiger charge is 2.18. The van der Waals surface area contributed by atoms with Crippen molar-refractivity contribution in [2.75, 3.05) is 11.1 Å². The molecule has 0 bridgehead atoms. The first-order chi connectivity index (χ1) is 15.4. The van der Waals surface area contributed by atoms with E-state index in [1.165, 1.54) is 17.3 Å². The van der Waals surface area contributed by atoms with Gasteiger partial charge in [-0.15, -0.1) is 10.2 Å². The minimum atomic E-state index is -0.0965. The lowest BCUT2D eigenvalue weighted by Crippen LogP contribution is -2.14. The number of benzene rings is 3. The number of nitrogens with one attached hydrogen (secondary N) is 1. The van der Waals surface area contributed by atoms with E-state index >= 15 is 0 Å². The van der Waals surface area contributed by atoms with Crippen molar-refractivity contribution in [3.05, 3.63) is 88.4 Å². The third-order valence-corrected chi connectivity index (χ3v) is 6.54. The van der Waals surface area contributed by atoms with Gasteiger partial charge in [0, 0.05) is 22.0 Å². The highest BCUT2D eigenvalue weighted by atomic mass is 35.5. The molecule has 3 aromatic carbocycles. The molecule has 32 heavy (non-hydrogen) atoms. The van der Waals surface area contributed by atoms with E-state index in [-0.39, 0.29) is 11.7 Å². The van der Waals surface area contributed by atoms with Gasteiger partial charge in [-0.3, -0.25) is 9.36 Å². The maximum Gasteiger partial charge on any atom is 0.234 e. The first kappa shape index (κ1) is 22.1. The SMILES string of the molecule is Cc1ccc(NC(=O)CSc2nnc(-c3ccc(C)c(Cl)c3)n2-c2ccccc2)cc1C. The van der Waals surface area contributed by atoms with Gasteiger partial charge < -0.3 is 5.32 Å². The molecule has 4 aromatic rings. The number of thioether (sulfide) groups is 1. The molecule has 4 rings (SSSR count). The molecule has 0 spiro atoms. The Morgan fingerprint density at radius 2 is 1.69 bits per heavy atom. The molecule has 0 radical (unpaired) electrons.